The van der Waals surface area contributed by atoms with Gasteiger partial charge in [-0.05, 0) is 54.6 Å². The lowest BCUT2D eigenvalue weighted by Crippen LogP contribution is -2.26. The Morgan fingerprint density at radius 1 is 1.28 bits per heavy atom. The fourth-order valence-electron chi connectivity index (χ4n) is 2.95. The summed E-state index contributed by atoms with van der Waals surface area (Å²) in [5, 5.41) is 10.2. The Hall–Kier alpha value is -0.820. The first-order valence-corrected chi connectivity index (χ1v) is 7.24. The maximum atomic E-state index is 10.2. The first-order valence-electron chi connectivity index (χ1n) is 7.24. The van der Waals surface area contributed by atoms with Gasteiger partial charge in [-0.15, -0.1) is 0 Å². The standard InChI is InChI=1S/C17H26O/c1-17(2,3)16(18)12-11-14-9-6-8-13-7-4-5-10-15(13)14/h4-5,7,10,14,16,18H,6,8-9,11-12H2,1-3H3. The van der Waals surface area contributed by atoms with Crippen molar-refractivity contribution >= 4 is 0 Å². The average molecular weight is 246 g/mol. The highest BCUT2D eigenvalue weighted by Crippen LogP contribution is 2.36. The number of aliphatic hydroxyl groups excluding tert-OH is 1. The minimum atomic E-state index is -0.188. The van der Waals surface area contributed by atoms with E-state index in [-0.39, 0.29) is 11.5 Å². The van der Waals surface area contributed by atoms with Crippen LogP contribution in [-0.2, 0) is 6.42 Å². The molecule has 100 valence electrons. The highest BCUT2D eigenvalue weighted by atomic mass is 16.3. The van der Waals surface area contributed by atoms with Crippen LogP contribution in [0.15, 0.2) is 24.3 Å². The number of hydrogen-bond acceptors (Lipinski definition) is 1. The van der Waals surface area contributed by atoms with Crippen molar-refractivity contribution in [2.24, 2.45) is 5.41 Å². The normalized spacial score (nSPS) is 21.4. The molecule has 18 heavy (non-hydrogen) atoms. The second kappa shape index (κ2) is 5.44. The summed E-state index contributed by atoms with van der Waals surface area (Å²) in [7, 11) is 0. The highest BCUT2D eigenvalue weighted by molar-refractivity contribution is 5.32. The van der Waals surface area contributed by atoms with Gasteiger partial charge in [0.2, 0.25) is 0 Å². The predicted octanol–water partition coefficient (Wildman–Crippen LogP) is 4.29. The number of aryl methyl sites for hydroxylation is 1. The summed E-state index contributed by atoms with van der Waals surface area (Å²) in [6, 6.07) is 8.84. The van der Waals surface area contributed by atoms with E-state index in [0.717, 1.165) is 12.8 Å². The molecule has 1 aromatic rings. The van der Waals surface area contributed by atoms with Crippen LogP contribution < -0.4 is 0 Å². The third-order valence-electron chi connectivity index (χ3n) is 4.28. The fourth-order valence-corrected chi connectivity index (χ4v) is 2.95. The molecule has 1 aliphatic rings. The van der Waals surface area contributed by atoms with Gasteiger partial charge >= 0.3 is 0 Å². The van der Waals surface area contributed by atoms with Gasteiger partial charge in [0.05, 0.1) is 6.10 Å². The molecule has 0 aliphatic heterocycles. The summed E-state index contributed by atoms with van der Waals surface area (Å²) in [5.41, 5.74) is 3.07. The van der Waals surface area contributed by atoms with Crippen molar-refractivity contribution in [1.82, 2.24) is 0 Å². The van der Waals surface area contributed by atoms with Gasteiger partial charge in [0.1, 0.15) is 0 Å². The minimum absolute atomic E-state index is 0.00812. The van der Waals surface area contributed by atoms with Crippen LogP contribution in [0, 0.1) is 5.41 Å². The zero-order valence-corrected chi connectivity index (χ0v) is 11.9. The third-order valence-corrected chi connectivity index (χ3v) is 4.28. The topological polar surface area (TPSA) is 20.2 Å². The van der Waals surface area contributed by atoms with Crippen molar-refractivity contribution in [3.8, 4) is 0 Å². The van der Waals surface area contributed by atoms with Gasteiger partial charge in [-0.1, -0.05) is 45.0 Å². The van der Waals surface area contributed by atoms with Gasteiger partial charge in [-0.25, -0.2) is 0 Å². The first-order chi connectivity index (χ1) is 8.48. The minimum Gasteiger partial charge on any atom is -0.393 e. The average Bonchev–Trinajstić information content (AvgIpc) is 2.34. The molecule has 0 amide bonds. The molecule has 2 rings (SSSR count). The largest absolute Gasteiger partial charge is 0.393 e. The molecule has 0 saturated heterocycles. The molecule has 0 bridgehead atoms. The summed E-state index contributed by atoms with van der Waals surface area (Å²) < 4.78 is 0. The van der Waals surface area contributed by atoms with Crippen molar-refractivity contribution < 1.29 is 5.11 Å². The zero-order valence-electron chi connectivity index (χ0n) is 11.9. The van der Waals surface area contributed by atoms with Crippen LogP contribution in [0.4, 0.5) is 0 Å². The highest BCUT2D eigenvalue weighted by Gasteiger charge is 2.25. The summed E-state index contributed by atoms with van der Waals surface area (Å²) >= 11 is 0. The van der Waals surface area contributed by atoms with E-state index >= 15 is 0 Å². The lowest BCUT2D eigenvalue weighted by atomic mass is 9.78. The number of hydrogen-bond donors (Lipinski definition) is 1. The SMILES string of the molecule is CC(C)(C)C(O)CCC1CCCc2ccccc21. The Kier molecular flexibility index (Phi) is 4.11. The second-order valence-corrected chi connectivity index (χ2v) is 6.75. The number of fused-ring (bicyclic) bond motifs is 1. The second-order valence-electron chi connectivity index (χ2n) is 6.75. The molecule has 0 heterocycles. The molecule has 0 saturated carbocycles. The number of benzene rings is 1. The molecule has 1 heteroatoms. The van der Waals surface area contributed by atoms with E-state index in [4.69, 9.17) is 0 Å². The Bertz CT molecular complexity index is 389. The Morgan fingerprint density at radius 2 is 2.00 bits per heavy atom. The molecule has 1 aliphatic carbocycles. The van der Waals surface area contributed by atoms with Crippen LogP contribution in [0.3, 0.4) is 0 Å². The third kappa shape index (κ3) is 3.14. The van der Waals surface area contributed by atoms with E-state index in [1.165, 1.54) is 30.4 Å². The van der Waals surface area contributed by atoms with Crippen LogP contribution in [-0.4, -0.2) is 11.2 Å². The molecular formula is C17H26O. The Morgan fingerprint density at radius 3 is 2.72 bits per heavy atom. The van der Waals surface area contributed by atoms with Gasteiger partial charge in [0, 0.05) is 0 Å². The van der Waals surface area contributed by atoms with Crippen LogP contribution >= 0.6 is 0 Å². The van der Waals surface area contributed by atoms with Crippen LogP contribution in [0.1, 0.15) is 63.5 Å². The van der Waals surface area contributed by atoms with Crippen LogP contribution in [0.5, 0.6) is 0 Å². The smallest absolute Gasteiger partial charge is 0.0588 e. The summed E-state index contributed by atoms with van der Waals surface area (Å²) in [5.74, 6) is 0.659. The van der Waals surface area contributed by atoms with Gasteiger partial charge in [-0.2, -0.15) is 0 Å². The Labute approximate surface area is 111 Å². The van der Waals surface area contributed by atoms with Crippen molar-refractivity contribution in [3.05, 3.63) is 35.4 Å². The van der Waals surface area contributed by atoms with Crippen LogP contribution in [0.2, 0.25) is 0 Å². The molecule has 0 spiro atoms. The van der Waals surface area contributed by atoms with Gasteiger partial charge in [0.25, 0.3) is 0 Å². The number of aliphatic hydroxyl groups is 1. The molecule has 0 radical (unpaired) electrons. The van der Waals surface area contributed by atoms with Gasteiger partial charge in [0.15, 0.2) is 0 Å². The molecule has 0 fully saturated rings. The maximum absolute atomic E-state index is 10.2. The Balaban J connectivity index is 2.00. The van der Waals surface area contributed by atoms with Gasteiger partial charge < -0.3 is 5.11 Å². The monoisotopic (exact) mass is 246 g/mol. The zero-order chi connectivity index (χ0) is 13.2. The van der Waals surface area contributed by atoms with E-state index in [0.29, 0.717) is 5.92 Å². The lowest BCUT2D eigenvalue weighted by molar-refractivity contribution is 0.0518. The van der Waals surface area contributed by atoms with Crippen molar-refractivity contribution in [2.45, 2.75) is 64.9 Å². The van der Waals surface area contributed by atoms with E-state index < -0.39 is 0 Å². The molecule has 1 N–H and O–H groups in total. The molecule has 2 unspecified atom stereocenters. The summed E-state index contributed by atoms with van der Waals surface area (Å²) in [6.07, 6.45) is 5.67. The summed E-state index contributed by atoms with van der Waals surface area (Å²) in [6.45, 7) is 6.35. The fraction of sp³-hybridized carbons (Fsp3) is 0.647. The molecule has 2 atom stereocenters. The maximum Gasteiger partial charge on any atom is 0.0588 e. The van der Waals surface area contributed by atoms with Gasteiger partial charge in [-0.3, -0.25) is 0 Å². The molecule has 1 nitrogen and oxygen atoms in total. The van der Waals surface area contributed by atoms with E-state index in [1.54, 1.807) is 0 Å². The lowest BCUT2D eigenvalue weighted by Gasteiger charge is -2.30. The number of rotatable bonds is 3. The van der Waals surface area contributed by atoms with E-state index in [2.05, 4.69) is 45.0 Å². The van der Waals surface area contributed by atoms with E-state index in [1.807, 2.05) is 0 Å². The van der Waals surface area contributed by atoms with Crippen molar-refractivity contribution in [3.63, 3.8) is 0 Å². The van der Waals surface area contributed by atoms with Crippen LogP contribution in [0.25, 0.3) is 0 Å². The van der Waals surface area contributed by atoms with E-state index in [9.17, 15) is 5.11 Å². The predicted molar refractivity (Wildman–Crippen MR) is 76.8 cm³/mol. The first kappa shape index (κ1) is 13.6. The van der Waals surface area contributed by atoms with Crippen molar-refractivity contribution in [2.75, 3.05) is 0 Å². The molecular weight excluding hydrogens is 220 g/mol. The summed E-state index contributed by atoms with van der Waals surface area (Å²) in [4.78, 5) is 0. The quantitative estimate of drug-likeness (QED) is 0.843. The molecule has 0 aromatic heterocycles. The molecule has 1 aromatic carbocycles. The van der Waals surface area contributed by atoms with Crippen molar-refractivity contribution in [1.29, 1.82) is 0 Å².